The number of rotatable bonds is 10. The average molecular weight is 535 g/mol. The van der Waals surface area contributed by atoms with Crippen molar-refractivity contribution in [3.05, 3.63) is 51.8 Å². The molecule has 2 heterocycles. The van der Waals surface area contributed by atoms with Crippen LogP contribution in [0.3, 0.4) is 0 Å². The van der Waals surface area contributed by atoms with Crippen molar-refractivity contribution in [2.75, 3.05) is 5.32 Å². The summed E-state index contributed by atoms with van der Waals surface area (Å²) in [6.45, 7) is 12.1. The Bertz CT molecular complexity index is 1350. The minimum Gasteiger partial charge on any atom is -0.479 e. The molecule has 0 amide bonds. The van der Waals surface area contributed by atoms with Gasteiger partial charge in [-0.05, 0) is 75.3 Å². The van der Waals surface area contributed by atoms with Gasteiger partial charge in [-0.3, -0.25) is 9.36 Å². The highest BCUT2D eigenvalue weighted by molar-refractivity contribution is 5.80. The molecule has 0 bridgehead atoms. The van der Waals surface area contributed by atoms with Crippen molar-refractivity contribution >= 4 is 12.0 Å². The zero-order chi connectivity index (χ0) is 28.3. The smallest absolute Gasteiger partial charge is 0.330 e. The SMILES string of the molecule is CCC(C)CC(CC)(C(=O)O)n1c(-c2ccc(C)cc2)c(C)c(-c2nnc(N[C@H]3CC[C@H](C)CC3)o2)cc1=O. The third-order valence-electron chi connectivity index (χ3n) is 8.59. The summed E-state index contributed by atoms with van der Waals surface area (Å²) in [5, 5.41) is 22.5. The number of aromatic nitrogens is 3. The summed E-state index contributed by atoms with van der Waals surface area (Å²) in [4.78, 5) is 26.9. The molecule has 8 nitrogen and oxygen atoms in total. The van der Waals surface area contributed by atoms with Gasteiger partial charge in [-0.25, -0.2) is 4.79 Å². The van der Waals surface area contributed by atoms with Crippen LogP contribution < -0.4 is 10.9 Å². The molecule has 0 spiro atoms. The highest BCUT2D eigenvalue weighted by Gasteiger charge is 2.43. The Kier molecular flexibility index (Phi) is 8.62. The van der Waals surface area contributed by atoms with Crippen molar-refractivity contribution in [3.63, 3.8) is 0 Å². The van der Waals surface area contributed by atoms with Gasteiger partial charge in [-0.1, -0.05) is 69.0 Å². The van der Waals surface area contributed by atoms with E-state index in [4.69, 9.17) is 4.42 Å². The Hall–Kier alpha value is -3.42. The number of carboxylic acid groups (broad SMARTS) is 1. The molecule has 2 unspecified atom stereocenters. The Morgan fingerprint density at radius 3 is 2.41 bits per heavy atom. The normalized spacial score (nSPS) is 19.8. The van der Waals surface area contributed by atoms with Crippen LogP contribution in [0, 0.1) is 25.7 Å². The number of pyridine rings is 1. The molecule has 39 heavy (non-hydrogen) atoms. The van der Waals surface area contributed by atoms with Crippen LogP contribution in [0.2, 0.25) is 0 Å². The summed E-state index contributed by atoms with van der Waals surface area (Å²) in [5.41, 5.74) is 1.87. The second kappa shape index (κ2) is 11.8. The largest absolute Gasteiger partial charge is 0.479 e. The van der Waals surface area contributed by atoms with Gasteiger partial charge in [0.15, 0.2) is 0 Å². The minimum absolute atomic E-state index is 0.117. The molecule has 2 N–H and O–H groups in total. The second-order valence-corrected chi connectivity index (χ2v) is 11.5. The van der Waals surface area contributed by atoms with Crippen LogP contribution in [0.15, 0.2) is 39.5 Å². The van der Waals surface area contributed by atoms with Gasteiger partial charge in [-0.15, -0.1) is 5.10 Å². The number of benzene rings is 1. The predicted molar refractivity (Wildman–Crippen MR) is 154 cm³/mol. The molecule has 2 atom stereocenters. The number of aliphatic carboxylic acids is 1. The van der Waals surface area contributed by atoms with E-state index in [0.29, 0.717) is 23.7 Å². The van der Waals surface area contributed by atoms with Gasteiger partial charge in [0.1, 0.15) is 5.54 Å². The van der Waals surface area contributed by atoms with E-state index in [2.05, 4.69) is 22.4 Å². The lowest BCUT2D eigenvalue weighted by Gasteiger charge is -2.36. The van der Waals surface area contributed by atoms with E-state index in [1.54, 1.807) is 0 Å². The van der Waals surface area contributed by atoms with E-state index in [-0.39, 0.29) is 24.3 Å². The van der Waals surface area contributed by atoms with E-state index in [0.717, 1.165) is 54.7 Å². The fourth-order valence-electron chi connectivity index (χ4n) is 5.82. The van der Waals surface area contributed by atoms with Crippen LogP contribution >= 0.6 is 0 Å². The van der Waals surface area contributed by atoms with Crippen molar-refractivity contribution in [1.29, 1.82) is 0 Å². The number of carboxylic acids is 1. The predicted octanol–water partition coefficient (Wildman–Crippen LogP) is 6.80. The van der Waals surface area contributed by atoms with Crippen LogP contribution in [0.1, 0.15) is 83.8 Å². The molecule has 4 rings (SSSR count). The molecule has 0 saturated heterocycles. The van der Waals surface area contributed by atoms with Crippen molar-refractivity contribution in [1.82, 2.24) is 14.8 Å². The van der Waals surface area contributed by atoms with E-state index >= 15 is 0 Å². The number of hydrogen-bond donors (Lipinski definition) is 2. The van der Waals surface area contributed by atoms with Gasteiger partial charge in [0, 0.05) is 17.7 Å². The molecule has 2 aromatic heterocycles. The number of aryl methyl sites for hydroxylation is 1. The van der Waals surface area contributed by atoms with E-state index in [1.165, 1.54) is 10.6 Å². The number of carbonyl (C=O) groups is 1. The zero-order valence-corrected chi connectivity index (χ0v) is 24.1. The van der Waals surface area contributed by atoms with Crippen LogP contribution in [0.4, 0.5) is 6.01 Å². The molecule has 8 heteroatoms. The quantitative estimate of drug-likeness (QED) is 0.294. The van der Waals surface area contributed by atoms with Crippen LogP contribution in [0.25, 0.3) is 22.7 Å². The molecule has 1 saturated carbocycles. The number of nitrogens with zero attached hydrogens (tertiary/aromatic N) is 3. The number of anilines is 1. The third kappa shape index (κ3) is 5.80. The van der Waals surface area contributed by atoms with Gasteiger partial charge in [0.05, 0.1) is 5.69 Å². The molecule has 1 aromatic carbocycles. The number of hydrogen-bond acceptors (Lipinski definition) is 6. The van der Waals surface area contributed by atoms with Gasteiger partial charge in [-0.2, -0.15) is 0 Å². The van der Waals surface area contributed by atoms with E-state index < -0.39 is 17.1 Å². The Morgan fingerprint density at radius 2 is 1.82 bits per heavy atom. The third-order valence-corrected chi connectivity index (χ3v) is 8.59. The Balaban J connectivity index is 1.86. The summed E-state index contributed by atoms with van der Waals surface area (Å²) < 4.78 is 7.53. The summed E-state index contributed by atoms with van der Waals surface area (Å²) in [6, 6.07) is 9.90. The van der Waals surface area contributed by atoms with Gasteiger partial charge >= 0.3 is 12.0 Å². The average Bonchev–Trinajstić information content (AvgIpc) is 3.38. The maximum absolute atomic E-state index is 14.0. The Morgan fingerprint density at radius 1 is 1.15 bits per heavy atom. The molecule has 1 aliphatic rings. The lowest BCUT2D eigenvalue weighted by atomic mass is 9.83. The van der Waals surface area contributed by atoms with Crippen LogP contribution in [0.5, 0.6) is 0 Å². The summed E-state index contributed by atoms with van der Waals surface area (Å²) in [5.74, 6) is 0.0956. The molecule has 210 valence electrons. The van der Waals surface area contributed by atoms with Crippen molar-refractivity contribution < 1.29 is 14.3 Å². The standard InChI is InChI=1S/C31H42N4O4/c1-7-19(3)18-31(8-2,29(37)38)35-26(36)17-25(22(6)27(35)23-13-9-20(4)10-14-23)28-33-34-30(39-28)32-24-15-11-21(5)12-16-24/h9-10,13-14,17,19,21,24H,7-8,11-12,15-16,18H2,1-6H3,(H,32,34)(H,37,38)/t19?,21-,24-,31?. The summed E-state index contributed by atoms with van der Waals surface area (Å²) >= 11 is 0. The van der Waals surface area contributed by atoms with Crippen molar-refractivity contribution in [2.45, 2.75) is 98.1 Å². The van der Waals surface area contributed by atoms with Crippen LogP contribution in [-0.4, -0.2) is 31.9 Å². The molecule has 1 aliphatic carbocycles. The highest BCUT2D eigenvalue weighted by atomic mass is 16.4. The monoisotopic (exact) mass is 534 g/mol. The maximum Gasteiger partial charge on any atom is 0.330 e. The molecular weight excluding hydrogens is 492 g/mol. The minimum atomic E-state index is -1.39. The summed E-state index contributed by atoms with van der Waals surface area (Å²) in [6.07, 6.45) is 5.87. The molecular formula is C31H42N4O4. The first-order chi connectivity index (χ1) is 18.6. The van der Waals surface area contributed by atoms with Gasteiger partial charge < -0.3 is 14.8 Å². The first kappa shape index (κ1) is 28.6. The van der Waals surface area contributed by atoms with Crippen molar-refractivity contribution in [3.8, 4) is 22.7 Å². The van der Waals surface area contributed by atoms with E-state index in [1.807, 2.05) is 58.9 Å². The molecule has 1 fully saturated rings. The zero-order valence-electron chi connectivity index (χ0n) is 24.1. The Labute approximate surface area is 230 Å². The highest BCUT2D eigenvalue weighted by Crippen LogP contribution is 2.38. The lowest BCUT2D eigenvalue weighted by Crippen LogP contribution is -2.49. The first-order valence-corrected chi connectivity index (χ1v) is 14.3. The molecule has 0 aliphatic heterocycles. The first-order valence-electron chi connectivity index (χ1n) is 14.3. The fraction of sp³-hybridized carbons (Fsp3) is 0.548. The number of nitrogens with one attached hydrogen (secondary N) is 1. The topological polar surface area (TPSA) is 110 Å². The maximum atomic E-state index is 14.0. The van der Waals surface area contributed by atoms with Crippen molar-refractivity contribution in [2.24, 2.45) is 11.8 Å². The molecule has 0 radical (unpaired) electrons. The fourth-order valence-corrected chi connectivity index (χ4v) is 5.82. The summed E-state index contributed by atoms with van der Waals surface area (Å²) in [7, 11) is 0. The lowest BCUT2D eigenvalue weighted by molar-refractivity contribution is -0.149. The van der Waals surface area contributed by atoms with Gasteiger partial charge in [0.25, 0.3) is 5.56 Å². The second-order valence-electron chi connectivity index (χ2n) is 11.5. The molecule has 3 aromatic rings. The van der Waals surface area contributed by atoms with Crippen LogP contribution in [-0.2, 0) is 10.3 Å². The van der Waals surface area contributed by atoms with Gasteiger partial charge in [0.2, 0.25) is 5.89 Å². The van der Waals surface area contributed by atoms with E-state index in [9.17, 15) is 14.7 Å².